The normalized spacial score (nSPS) is 37.9. The summed E-state index contributed by atoms with van der Waals surface area (Å²) in [6, 6.07) is 0. The van der Waals surface area contributed by atoms with Crippen molar-refractivity contribution in [2.24, 2.45) is 34.5 Å². The Kier molecular flexibility index (Phi) is 11.6. The maximum absolute atomic E-state index is 10.6. The van der Waals surface area contributed by atoms with Crippen LogP contribution in [0.2, 0.25) is 0 Å². The van der Waals surface area contributed by atoms with Gasteiger partial charge in [0, 0.05) is 7.11 Å². The summed E-state index contributed by atoms with van der Waals surface area (Å²) in [6.07, 6.45) is 19.1. The predicted molar refractivity (Wildman–Crippen MR) is 158 cm³/mol. The molecule has 0 saturated heterocycles. The van der Waals surface area contributed by atoms with E-state index in [1.54, 1.807) is 0 Å². The Bertz CT molecular complexity index is 690. The van der Waals surface area contributed by atoms with E-state index in [2.05, 4.69) is 27.7 Å². The Hall–Kier alpha value is -0.200. The average Bonchev–Trinajstić information content (AvgIpc) is 2.95. The quantitative estimate of drug-likeness (QED) is 0.282. The molecule has 0 bridgehead atoms. The van der Waals surface area contributed by atoms with E-state index in [1.807, 2.05) is 7.11 Å². The molecule has 2 N–H and O–H groups in total. The minimum absolute atomic E-state index is 0.0739. The van der Waals surface area contributed by atoms with Gasteiger partial charge in [-0.3, -0.25) is 0 Å². The monoisotopic (exact) mass is 550 g/mol. The first-order valence-corrected chi connectivity index (χ1v) is 16.7. The predicted octanol–water partition coefficient (Wildman–Crippen LogP) is 7.31. The van der Waals surface area contributed by atoms with Gasteiger partial charge >= 0.3 is 0 Å². The van der Waals surface area contributed by atoms with E-state index in [1.165, 1.54) is 64.2 Å². The fourth-order valence-corrected chi connectivity index (χ4v) is 9.02. The topological polar surface area (TPSA) is 68.2 Å². The second kappa shape index (κ2) is 14.3. The molecule has 4 aliphatic rings. The average molecular weight is 551 g/mol. The number of methoxy groups -OCH3 is 1. The van der Waals surface area contributed by atoms with Crippen molar-refractivity contribution < 1.29 is 24.4 Å². The second-order valence-corrected chi connectivity index (χ2v) is 15.1. The molecule has 0 aliphatic heterocycles. The van der Waals surface area contributed by atoms with Crippen molar-refractivity contribution in [3.63, 3.8) is 0 Å². The first-order valence-electron chi connectivity index (χ1n) is 16.7. The Morgan fingerprint density at radius 1 is 0.538 bits per heavy atom. The van der Waals surface area contributed by atoms with Crippen LogP contribution < -0.4 is 0 Å². The molecule has 0 radical (unpaired) electrons. The van der Waals surface area contributed by atoms with Crippen LogP contribution in [0.1, 0.15) is 130 Å². The van der Waals surface area contributed by atoms with Gasteiger partial charge in [-0.15, -0.1) is 0 Å². The van der Waals surface area contributed by atoms with Gasteiger partial charge < -0.3 is 24.4 Å². The highest BCUT2D eigenvalue weighted by atomic mass is 16.5. The first-order chi connectivity index (χ1) is 18.6. The van der Waals surface area contributed by atoms with Gasteiger partial charge in [-0.25, -0.2) is 0 Å². The van der Waals surface area contributed by atoms with Crippen LogP contribution in [0.3, 0.4) is 0 Å². The molecule has 0 aromatic rings. The molecule has 0 aromatic carbocycles. The zero-order valence-corrected chi connectivity index (χ0v) is 26.0. The summed E-state index contributed by atoms with van der Waals surface area (Å²) in [7, 11) is 1.86. The minimum atomic E-state index is -0.530. The lowest BCUT2D eigenvalue weighted by atomic mass is 9.60. The van der Waals surface area contributed by atoms with Crippen LogP contribution in [0.4, 0.5) is 0 Å². The molecule has 4 saturated carbocycles. The van der Waals surface area contributed by atoms with Crippen LogP contribution in [0.25, 0.3) is 0 Å². The van der Waals surface area contributed by atoms with Gasteiger partial charge in [0.2, 0.25) is 0 Å². The standard InChI is InChI=1S/C34H62O5/c1-33(2,24-6-14-28(35)15-7-24)26-10-18-31(19-11-26)38-22-29(36)23-39-32-20-12-27(13-21-32)34(3,4)25-8-16-30(37-5)17-9-25/h24-32,35-36H,6-23H2,1-5H3. The molecule has 4 fully saturated rings. The lowest BCUT2D eigenvalue weighted by Crippen LogP contribution is -2.39. The highest BCUT2D eigenvalue weighted by molar-refractivity contribution is 4.92. The summed E-state index contributed by atoms with van der Waals surface area (Å²) in [5, 5.41) is 20.5. The van der Waals surface area contributed by atoms with Gasteiger partial charge in [0.1, 0.15) is 6.10 Å². The van der Waals surface area contributed by atoms with Crippen molar-refractivity contribution in [3.05, 3.63) is 0 Å². The minimum Gasteiger partial charge on any atom is -0.393 e. The molecule has 1 unspecified atom stereocenters. The number of hydrogen-bond acceptors (Lipinski definition) is 5. The highest BCUT2D eigenvalue weighted by Crippen LogP contribution is 2.50. The number of aliphatic hydroxyl groups is 2. The van der Waals surface area contributed by atoms with Crippen molar-refractivity contribution >= 4 is 0 Å². The molecule has 0 aromatic heterocycles. The fourth-order valence-electron chi connectivity index (χ4n) is 9.02. The van der Waals surface area contributed by atoms with Gasteiger partial charge in [0.05, 0.1) is 37.6 Å². The summed E-state index contributed by atoms with van der Waals surface area (Å²) >= 11 is 0. The first kappa shape index (κ1) is 31.7. The molecular weight excluding hydrogens is 488 g/mol. The fraction of sp³-hybridized carbons (Fsp3) is 1.00. The highest BCUT2D eigenvalue weighted by Gasteiger charge is 2.42. The lowest BCUT2D eigenvalue weighted by molar-refractivity contribution is -0.0872. The zero-order valence-electron chi connectivity index (χ0n) is 26.0. The van der Waals surface area contributed by atoms with E-state index in [9.17, 15) is 10.2 Å². The summed E-state index contributed by atoms with van der Waals surface area (Å²) in [5.41, 5.74) is 0.736. The maximum Gasteiger partial charge on any atom is 0.101 e. The molecule has 0 heterocycles. The van der Waals surface area contributed by atoms with Gasteiger partial charge in [-0.1, -0.05) is 27.7 Å². The van der Waals surface area contributed by atoms with Crippen molar-refractivity contribution in [1.29, 1.82) is 0 Å². The van der Waals surface area contributed by atoms with E-state index >= 15 is 0 Å². The molecular formula is C34H62O5. The smallest absolute Gasteiger partial charge is 0.101 e. The third-order valence-corrected chi connectivity index (χ3v) is 12.3. The maximum atomic E-state index is 10.6. The molecule has 39 heavy (non-hydrogen) atoms. The van der Waals surface area contributed by atoms with Gasteiger partial charge in [0.15, 0.2) is 0 Å². The number of aliphatic hydroxyl groups excluding tert-OH is 2. The molecule has 228 valence electrons. The number of rotatable bonds is 11. The van der Waals surface area contributed by atoms with E-state index in [0.717, 1.165) is 62.2 Å². The number of ether oxygens (including phenoxy) is 3. The van der Waals surface area contributed by atoms with Crippen LogP contribution in [0.15, 0.2) is 0 Å². The van der Waals surface area contributed by atoms with Crippen LogP contribution >= 0.6 is 0 Å². The summed E-state index contributed by atoms with van der Waals surface area (Å²) < 4.78 is 18.0. The van der Waals surface area contributed by atoms with Crippen LogP contribution in [0.5, 0.6) is 0 Å². The molecule has 5 heteroatoms. The van der Waals surface area contributed by atoms with Crippen molar-refractivity contribution in [2.45, 2.75) is 161 Å². The van der Waals surface area contributed by atoms with Gasteiger partial charge in [0.25, 0.3) is 0 Å². The summed E-state index contributed by atoms with van der Waals surface area (Å²) in [5.74, 6) is 3.07. The third-order valence-electron chi connectivity index (χ3n) is 12.3. The second-order valence-electron chi connectivity index (χ2n) is 15.1. The summed E-state index contributed by atoms with van der Waals surface area (Å²) in [4.78, 5) is 0. The molecule has 1 atom stereocenters. The van der Waals surface area contributed by atoms with Crippen molar-refractivity contribution in [3.8, 4) is 0 Å². The van der Waals surface area contributed by atoms with Crippen molar-refractivity contribution in [2.75, 3.05) is 20.3 Å². The largest absolute Gasteiger partial charge is 0.393 e. The Labute approximate surface area is 240 Å². The third kappa shape index (κ3) is 8.43. The molecule has 4 rings (SSSR count). The molecule has 4 aliphatic carbocycles. The Morgan fingerprint density at radius 3 is 1.18 bits per heavy atom. The lowest BCUT2D eigenvalue weighted by Gasteiger charge is -2.46. The Balaban J connectivity index is 1.09. The van der Waals surface area contributed by atoms with Crippen LogP contribution in [0, 0.1) is 34.5 Å². The molecule has 0 amide bonds. The number of hydrogen-bond donors (Lipinski definition) is 2. The molecule has 0 spiro atoms. The van der Waals surface area contributed by atoms with Crippen LogP contribution in [-0.2, 0) is 14.2 Å². The van der Waals surface area contributed by atoms with E-state index in [0.29, 0.717) is 30.1 Å². The zero-order chi connectivity index (χ0) is 28.0. The van der Waals surface area contributed by atoms with E-state index < -0.39 is 6.10 Å². The Morgan fingerprint density at radius 2 is 0.846 bits per heavy atom. The van der Waals surface area contributed by atoms with E-state index in [4.69, 9.17) is 14.2 Å². The SMILES string of the molecule is COC1CCC(C(C)(C)C2CCC(OCC(O)COC3CCC(C(C)(C)C4CCC(O)CC4)CC3)CC2)CC1. The summed E-state index contributed by atoms with van der Waals surface area (Å²) in [6.45, 7) is 10.7. The van der Waals surface area contributed by atoms with Gasteiger partial charge in [-0.2, -0.15) is 0 Å². The van der Waals surface area contributed by atoms with E-state index in [-0.39, 0.29) is 18.3 Å². The van der Waals surface area contributed by atoms with Crippen LogP contribution in [-0.4, -0.2) is 61.1 Å². The van der Waals surface area contributed by atoms with Crippen molar-refractivity contribution in [1.82, 2.24) is 0 Å². The van der Waals surface area contributed by atoms with Gasteiger partial charge in [-0.05, 0) is 137 Å². The molecule has 5 nitrogen and oxygen atoms in total.